The van der Waals surface area contributed by atoms with Crippen LogP contribution in [-0.4, -0.2) is 44.4 Å². The molecule has 0 radical (unpaired) electrons. The van der Waals surface area contributed by atoms with Crippen LogP contribution >= 0.6 is 11.8 Å². The molecule has 1 N–H and O–H groups in total. The van der Waals surface area contributed by atoms with Gasteiger partial charge in [0, 0.05) is 6.54 Å². The van der Waals surface area contributed by atoms with Crippen molar-refractivity contribution in [3.63, 3.8) is 0 Å². The largest absolute Gasteiger partial charge is 0.467 e. The van der Waals surface area contributed by atoms with Crippen molar-refractivity contribution >= 4 is 23.6 Å². The average molecular weight is 401 g/mol. The van der Waals surface area contributed by atoms with Crippen molar-refractivity contribution in [2.45, 2.75) is 30.4 Å². The summed E-state index contributed by atoms with van der Waals surface area (Å²) in [6.45, 7) is 2.53. The third kappa shape index (κ3) is 4.97. The molecular weight excluding hydrogens is 382 g/mol. The van der Waals surface area contributed by atoms with E-state index in [4.69, 9.17) is 4.42 Å². The van der Waals surface area contributed by atoms with Gasteiger partial charge in [-0.1, -0.05) is 23.9 Å². The summed E-state index contributed by atoms with van der Waals surface area (Å²) in [7, 11) is 1.33. The van der Waals surface area contributed by atoms with Crippen LogP contribution in [0.2, 0.25) is 0 Å². The van der Waals surface area contributed by atoms with Gasteiger partial charge in [-0.3, -0.25) is 4.79 Å². The van der Waals surface area contributed by atoms with Crippen molar-refractivity contribution in [3.05, 3.63) is 59.5 Å². The van der Waals surface area contributed by atoms with Crippen LogP contribution in [0.4, 0.5) is 0 Å². The van der Waals surface area contributed by atoms with Crippen LogP contribution in [0.3, 0.4) is 0 Å². The highest BCUT2D eigenvalue weighted by atomic mass is 32.2. The number of amides is 1. The summed E-state index contributed by atoms with van der Waals surface area (Å²) in [5.74, 6) is 0.184. The molecule has 0 aliphatic rings. The molecule has 1 aromatic carbocycles. The van der Waals surface area contributed by atoms with Crippen LogP contribution in [0.5, 0.6) is 0 Å². The summed E-state index contributed by atoms with van der Waals surface area (Å²) in [5.41, 5.74) is 1.34. The maximum atomic E-state index is 12.4. The van der Waals surface area contributed by atoms with Crippen molar-refractivity contribution < 1.29 is 18.7 Å². The molecule has 146 valence electrons. The monoisotopic (exact) mass is 401 g/mol. The van der Waals surface area contributed by atoms with Gasteiger partial charge in [-0.05, 0) is 47.2 Å². The molecule has 0 aliphatic heterocycles. The first-order chi connectivity index (χ1) is 13.6. The number of furan rings is 1. The predicted octanol–water partition coefficient (Wildman–Crippen LogP) is 1.90. The van der Waals surface area contributed by atoms with Gasteiger partial charge in [0.25, 0.3) is 0 Å². The zero-order chi connectivity index (χ0) is 19.9. The number of carbonyl (C=O) groups excluding carboxylic acids is 2. The lowest BCUT2D eigenvalue weighted by atomic mass is 10.1. The van der Waals surface area contributed by atoms with Crippen molar-refractivity contribution in [2.24, 2.45) is 0 Å². The number of esters is 1. The van der Waals surface area contributed by atoms with Crippen LogP contribution < -0.4 is 5.32 Å². The fourth-order valence-electron chi connectivity index (χ4n) is 2.35. The molecule has 3 rings (SSSR count). The zero-order valence-corrected chi connectivity index (χ0v) is 16.2. The van der Waals surface area contributed by atoms with Crippen LogP contribution in [-0.2, 0) is 22.6 Å². The molecule has 0 aliphatic carbocycles. The topological polar surface area (TPSA) is 112 Å². The van der Waals surface area contributed by atoms with Crippen LogP contribution in [0.25, 0.3) is 0 Å². The Hall–Kier alpha value is -3.14. The van der Waals surface area contributed by atoms with Gasteiger partial charge in [-0.25, -0.2) is 9.48 Å². The molecule has 0 saturated carbocycles. The van der Waals surface area contributed by atoms with E-state index < -0.39 is 11.2 Å². The molecule has 0 fully saturated rings. The van der Waals surface area contributed by atoms with Gasteiger partial charge >= 0.3 is 5.97 Å². The number of tetrazole rings is 1. The van der Waals surface area contributed by atoms with E-state index in [0.29, 0.717) is 23.8 Å². The summed E-state index contributed by atoms with van der Waals surface area (Å²) in [6, 6.07) is 10.5. The van der Waals surface area contributed by atoms with Gasteiger partial charge in [-0.2, -0.15) is 0 Å². The first kappa shape index (κ1) is 19.6. The summed E-state index contributed by atoms with van der Waals surface area (Å²) < 4.78 is 11.5. The van der Waals surface area contributed by atoms with Gasteiger partial charge in [0.15, 0.2) is 0 Å². The van der Waals surface area contributed by atoms with Gasteiger partial charge in [-0.15, -0.1) is 5.10 Å². The van der Waals surface area contributed by atoms with Gasteiger partial charge in [0.05, 0.1) is 24.2 Å². The standard InChI is InChI=1S/C18H19N5O4S/c1-12(28-18-20-21-22-23(18)11-15-4-3-9-27-15)16(24)19-10-13-5-7-14(8-6-13)17(25)26-2/h3-9,12H,10-11H2,1-2H3,(H,19,24). The Morgan fingerprint density at radius 2 is 2.07 bits per heavy atom. The Morgan fingerprint density at radius 1 is 1.29 bits per heavy atom. The van der Waals surface area contributed by atoms with Crippen molar-refractivity contribution in [1.82, 2.24) is 25.5 Å². The maximum absolute atomic E-state index is 12.4. The number of hydrogen-bond acceptors (Lipinski definition) is 8. The third-order valence-electron chi connectivity index (χ3n) is 3.88. The minimum absolute atomic E-state index is 0.144. The second-order valence-corrected chi connectivity index (χ2v) is 7.17. The molecule has 0 saturated heterocycles. The number of rotatable bonds is 8. The van der Waals surface area contributed by atoms with Crippen LogP contribution in [0, 0.1) is 0 Å². The number of carbonyl (C=O) groups is 2. The first-order valence-electron chi connectivity index (χ1n) is 8.47. The van der Waals surface area contributed by atoms with E-state index >= 15 is 0 Å². The predicted molar refractivity (Wildman–Crippen MR) is 101 cm³/mol. The van der Waals surface area contributed by atoms with E-state index in [-0.39, 0.29) is 5.91 Å². The quantitative estimate of drug-likeness (QED) is 0.450. The molecule has 1 atom stereocenters. The van der Waals surface area contributed by atoms with E-state index in [2.05, 4.69) is 25.6 Å². The van der Waals surface area contributed by atoms with Crippen molar-refractivity contribution in [1.29, 1.82) is 0 Å². The minimum atomic E-state index is -0.395. The van der Waals surface area contributed by atoms with Crippen LogP contribution in [0.1, 0.15) is 28.6 Å². The third-order valence-corrected chi connectivity index (χ3v) is 4.95. The van der Waals surface area contributed by atoms with E-state index in [0.717, 1.165) is 11.3 Å². The second-order valence-electron chi connectivity index (χ2n) is 5.86. The molecule has 2 aromatic heterocycles. The lowest BCUT2D eigenvalue weighted by molar-refractivity contribution is -0.120. The SMILES string of the molecule is COC(=O)c1ccc(CNC(=O)C(C)Sc2nnnn2Cc2ccco2)cc1. The number of thioether (sulfide) groups is 1. The molecule has 0 spiro atoms. The van der Waals surface area contributed by atoms with Gasteiger partial charge in [0.2, 0.25) is 11.1 Å². The first-order valence-corrected chi connectivity index (χ1v) is 9.35. The zero-order valence-electron chi connectivity index (χ0n) is 15.4. The second kappa shape index (κ2) is 9.18. The number of aromatic nitrogens is 4. The molecule has 10 heteroatoms. The average Bonchev–Trinajstić information content (AvgIpc) is 3.38. The normalized spacial score (nSPS) is 11.8. The van der Waals surface area contributed by atoms with Gasteiger partial charge in [0.1, 0.15) is 12.3 Å². The molecular formula is C18H19N5O4S. The smallest absolute Gasteiger partial charge is 0.337 e. The summed E-state index contributed by atoms with van der Waals surface area (Å²) >= 11 is 1.26. The van der Waals surface area contributed by atoms with E-state index in [9.17, 15) is 9.59 Å². The highest BCUT2D eigenvalue weighted by molar-refractivity contribution is 8.00. The Balaban J connectivity index is 1.52. The summed E-state index contributed by atoms with van der Waals surface area (Å²) in [4.78, 5) is 23.8. The summed E-state index contributed by atoms with van der Waals surface area (Å²) in [5, 5.41) is 14.6. The molecule has 2 heterocycles. The number of hydrogen-bond donors (Lipinski definition) is 1. The maximum Gasteiger partial charge on any atom is 0.337 e. The Labute approximate surface area is 165 Å². The number of nitrogens with zero attached hydrogens (tertiary/aromatic N) is 4. The fourth-order valence-corrected chi connectivity index (χ4v) is 3.16. The molecule has 3 aromatic rings. The fraction of sp³-hybridized carbons (Fsp3) is 0.278. The summed E-state index contributed by atoms with van der Waals surface area (Å²) in [6.07, 6.45) is 1.58. The number of nitrogens with one attached hydrogen (secondary N) is 1. The molecule has 1 unspecified atom stereocenters. The van der Waals surface area contributed by atoms with E-state index in [1.54, 1.807) is 48.2 Å². The number of benzene rings is 1. The van der Waals surface area contributed by atoms with E-state index in [1.807, 2.05) is 6.07 Å². The highest BCUT2D eigenvalue weighted by Gasteiger charge is 2.19. The van der Waals surface area contributed by atoms with Gasteiger partial charge < -0.3 is 14.5 Å². The molecule has 1 amide bonds. The molecule has 0 bridgehead atoms. The van der Waals surface area contributed by atoms with Crippen molar-refractivity contribution in [3.8, 4) is 0 Å². The van der Waals surface area contributed by atoms with Crippen molar-refractivity contribution in [2.75, 3.05) is 7.11 Å². The Morgan fingerprint density at radius 3 is 2.75 bits per heavy atom. The molecule has 9 nitrogen and oxygen atoms in total. The highest BCUT2D eigenvalue weighted by Crippen LogP contribution is 2.21. The van der Waals surface area contributed by atoms with E-state index in [1.165, 1.54) is 18.9 Å². The van der Waals surface area contributed by atoms with Crippen LogP contribution in [0.15, 0.2) is 52.2 Å². The number of methoxy groups -OCH3 is 1. The minimum Gasteiger partial charge on any atom is -0.467 e. The molecule has 28 heavy (non-hydrogen) atoms. The lowest BCUT2D eigenvalue weighted by Gasteiger charge is -2.11. The number of ether oxygens (including phenoxy) is 1. The Kier molecular flexibility index (Phi) is 6.43. The lowest BCUT2D eigenvalue weighted by Crippen LogP contribution is -2.30. The Bertz CT molecular complexity index is 924.